The van der Waals surface area contributed by atoms with Gasteiger partial charge in [-0.2, -0.15) is 0 Å². The summed E-state index contributed by atoms with van der Waals surface area (Å²) in [6.45, 7) is 7.69. The second kappa shape index (κ2) is 10.3. The van der Waals surface area contributed by atoms with Gasteiger partial charge in [-0.15, -0.1) is 0 Å². The number of amides is 2. The highest BCUT2D eigenvalue weighted by atomic mass is 79.9. The fraction of sp³-hybridized carbons (Fsp3) is 0.381. The number of primary sulfonamides is 1. The van der Waals surface area contributed by atoms with Crippen molar-refractivity contribution < 1.29 is 17.9 Å². The molecule has 0 bridgehead atoms. The van der Waals surface area contributed by atoms with Crippen LogP contribution in [-0.2, 0) is 22.0 Å². The van der Waals surface area contributed by atoms with Gasteiger partial charge in [0.05, 0.1) is 16.0 Å². The number of rotatable bonds is 8. The maximum absolute atomic E-state index is 11.9. The number of hydrogen-bond donors (Lipinski definition) is 3. The second-order valence-corrected chi connectivity index (χ2v) is 10.3. The third kappa shape index (κ3) is 7.62. The van der Waals surface area contributed by atoms with E-state index >= 15 is 0 Å². The number of benzene rings is 2. The van der Waals surface area contributed by atoms with E-state index in [1.54, 1.807) is 12.1 Å². The van der Waals surface area contributed by atoms with Crippen molar-refractivity contribution in [2.75, 3.05) is 13.2 Å². The molecule has 0 saturated carbocycles. The number of halogens is 1. The number of nitrogens with two attached hydrogens (primary N) is 1. The molecular formula is C21H28BrN3O4S. The summed E-state index contributed by atoms with van der Waals surface area (Å²) in [6.07, 6.45) is 0.657. The summed E-state index contributed by atoms with van der Waals surface area (Å²) in [6, 6.07) is 11.8. The predicted molar refractivity (Wildman–Crippen MR) is 121 cm³/mol. The van der Waals surface area contributed by atoms with Crippen LogP contribution >= 0.6 is 15.9 Å². The molecule has 9 heteroatoms. The smallest absolute Gasteiger partial charge is 0.315 e. The van der Waals surface area contributed by atoms with Gasteiger partial charge in [-0.3, -0.25) is 0 Å². The number of hydrogen-bond acceptors (Lipinski definition) is 4. The van der Waals surface area contributed by atoms with Crippen molar-refractivity contribution in [1.82, 2.24) is 10.6 Å². The molecule has 2 aromatic rings. The first-order chi connectivity index (χ1) is 14.0. The van der Waals surface area contributed by atoms with Crippen LogP contribution in [0.3, 0.4) is 0 Å². The van der Waals surface area contributed by atoms with Crippen LogP contribution in [-0.4, -0.2) is 27.6 Å². The first-order valence-corrected chi connectivity index (χ1v) is 11.9. The number of nitrogens with one attached hydrogen (secondary N) is 2. The Morgan fingerprint density at radius 2 is 1.77 bits per heavy atom. The van der Waals surface area contributed by atoms with E-state index in [1.807, 2.05) is 6.07 Å². The standard InChI is InChI=1S/C21H28BrN3O4S/c1-21(2,3)16-7-10-19(18(22)13-16)29-12-4-11-24-20(26)25-14-15-5-8-17(9-6-15)30(23,27)28/h5-10,13H,4,11-12,14H2,1-3H3,(H2,23,27,28)(H2,24,25,26). The van der Waals surface area contributed by atoms with Crippen LogP contribution in [0.25, 0.3) is 0 Å². The quantitative estimate of drug-likeness (QED) is 0.483. The van der Waals surface area contributed by atoms with Crippen molar-refractivity contribution >= 4 is 32.0 Å². The summed E-state index contributed by atoms with van der Waals surface area (Å²) in [5.74, 6) is 0.774. The Morgan fingerprint density at radius 3 is 2.33 bits per heavy atom. The van der Waals surface area contributed by atoms with Gasteiger partial charge in [0.25, 0.3) is 0 Å². The molecule has 0 saturated heterocycles. The highest BCUT2D eigenvalue weighted by Crippen LogP contribution is 2.31. The molecule has 0 atom stereocenters. The van der Waals surface area contributed by atoms with E-state index in [-0.39, 0.29) is 22.9 Å². The van der Waals surface area contributed by atoms with Crippen molar-refractivity contribution in [1.29, 1.82) is 0 Å². The van der Waals surface area contributed by atoms with E-state index in [4.69, 9.17) is 9.88 Å². The van der Waals surface area contributed by atoms with Crippen molar-refractivity contribution in [3.05, 3.63) is 58.1 Å². The van der Waals surface area contributed by atoms with Gasteiger partial charge in [0, 0.05) is 13.1 Å². The molecule has 4 N–H and O–H groups in total. The van der Waals surface area contributed by atoms with Gasteiger partial charge in [-0.25, -0.2) is 18.4 Å². The third-order valence-electron chi connectivity index (χ3n) is 4.37. The Balaban J connectivity index is 1.68. The van der Waals surface area contributed by atoms with E-state index in [0.29, 0.717) is 19.6 Å². The van der Waals surface area contributed by atoms with E-state index in [9.17, 15) is 13.2 Å². The van der Waals surface area contributed by atoms with Gasteiger partial charge in [0.2, 0.25) is 10.0 Å². The van der Waals surface area contributed by atoms with Crippen LogP contribution in [0.15, 0.2) is 51.8 Å². The Labute approximate surface area is 186 Å². The van der Waals surface area contributed by atoms with Crippen molar-refractivity contribution in [3.63, 3.8) is 0 Å². The molecule has 2 aromatic carbocycles. The number of ether oxygens (including phenoxy) is 1. The molecule has 0 aromatic heterocycles. The van der Waals surface area contributed by atoms with Crippen molar-refractivity contribution in [2.45, 2.75) is 44.0 Å². The number of urea groups is 1. The average molecular weight is 498 g/mol. The van der Waals surface area contributed by atoms with Gasteiger partial charge in [0.15, 0.2) is 0 Å². The Morgan fingerprint density at radius 1 is 1.10 bits per heavy atom. The van der Waals surface area contributed by atoms with E-state index in [0.717, 1.165) is 15.8 Å². The Kier molecular flexibility index (Phi) is 8.28. The van der Waals surface area contributed by atoms with Gasteiger partial charge >= 0.3 is 6.03 Å². The molecule has 0 aliphatic rings. The molecule has 0 heterocycles. The van der Waals surface area contributed by atoms with Crippen molar-refractivity contribution in [3.8, 4) is 5.75 Å². The fourth-order valence-corrected chi connectivity index (χ4v) is 3.59. The molecule has 0 aliphatic carbocycles. The summed E-state index contributed by atoms with van der Waals surface area (Å²) in [5.41, 5.74) is 2.06. The zero-order chi connectivity index (χ0) is 22.4. The predicted octanol–water partition coefficient (Wildman–Crippen LogP) is 3.66. The van der Waals surface area contributed by atoms with Crippen molar-refractivity contribution in [2.24, 2.45) is 5.14 Å². The third-order valence-corrected chi connectivity index (χ3v) is 5.92. The highest BCUT2D eigenvalue weighted by molar-refractivity contribution is 9.10. The van der Waals surface area contributed by atoms with Crippen LogP contribution < -0.4 is 20.5 Å². The van der Waals surface area contributed by atoms with E-state index in [2.05, 4.69) is 59.5 Å². The van der Waals surface area contributed by atoms with Gasteiger partial charge < -0.3 is 15.4 Å². The second-order valence-electron chi connectivity index (χ2n) is 7.90. The normalized spacial score (nSPS) is 11.8. The van der Waals surface area contributed by atoms with Crippen LogP contribution in [0.4, 0.5) is 4.79 Å². The van der Waals surface area contributed by atoms with Crippen LogP contribution in [0, 0.1) is 0 Å². The van der Waals surface area contributed by atoms with E-state index < -0.39 is 10.0 Å². The summed E-state index contributed by atoms with van der Waals surface area (Å²) in [5, 5.41) is 10.5. The van der Waals surface area contributed by atoms with Gasteiger partial charge in [-0.05, 0) is 63.2 Å². The SMILES string of the molecule is CC(C)(C)c1ccc(OCCCNC(=O)NCc2ccc(S(N)(=O)=O)cc2)c(Br)c1. The maximum Gasteiger partial charge on any atom is 0.315 e. The van der Waals surface area contributed by atoms with Crippen LogP contribution in [0.2, 0.25) is 0 Å². The number of carbonyl (C=O) groups excluding carboxylic acids is 1. The molecule has 2 rings (SSSR count). The highest BCUT2D eigenvalue weighted by Gasteiger charge is 2.15. The molecule has 0 radical (unpaired) electrons. The lowest BCUT2D eigenvalue weighted by Gasteiger charge is -2.20. The summed E-state index contributed by atoms with van der Waals surface area (Å²) >= 11 is 3.54. The molecular weight excluding hydrogens is 470 g/mol. The molecule has 164 valence electrons. The summed E-state index contributed by atoms with van der Waals surface area (Å²) in [4.78, 5) is 11.9. The average Bonchev–Trinajstić information content (AvgIpc) is 2.66. The summed E-state index contributed by atoms with van der Waals surface area (Å²) < 4.78 is 29.1. The zero-order valence-corrected chi connectivity index (χ0v) is 19.8. The lowest BCUT2D eigenvalue weighted by molar-refractivity contribution is 0.238. The molecule has 30 heavy (non-hydrogen) atoms. The molecule has 0 spiro atoms. The Bertz CT molecular complexity index is 971. The first kappa shape index (κ1) is 24.2. The topological polar surface area (TPSA) is 111 Å². The number of carbonyl (C=O) groups is 1. The molecule has 0 unspecified atom stereocenters. The first-order valence-electron chi connectivity index (χ1n) is 9.53. The lowest BCUT2D eigenvalue weighted by atomic mass is 9.87. The van der Waals surface area contributed by atoms with Crippen LogP contribution in [0.1, 0.15) is 38.3 Å². The monoisotopic (exact) mass is 497 g/mol. The van der Waals surface area contributed by atoms with Crippen LogP contribution in [0.5, 0.6) is 5.75 Å². The van der Waals surface area contributed by atoms with E-state index in [1.165, 1.54) is 17.7 Å². The molecule has 0 fully saturated rings. The Hall–Kier alpha value is -2.10. The maximum atomic E-state index is 11.9. The lowest BCUT2D eigenvalue weighted by Crippen LogP contribution is -2.36. The minimum Gasteiger partial charge on any atom is -0.492 e. The molecule has 7 nitrogen and oxygen atoms in total. The minimum absolute atomic E-state index is 0.0374. The molecule has 0 aliphatic heterocycles. The molecule has 2 amide bonds. The van der Waals surface area contributed by atoms with Gasteiger partial charge in [0.1, 0.15) is 5.75 Å². The summed E-state index contributed by atoms with van der Waals surface area (Å²) in [7, 11) is -3.71. The fourth-order valence-electron chi connectivity index (χ4n) is 2.58. The zero-order valence-electron chi connectivity index (χ0n) is 17.4. The minimum atomic E-state index is -3.71. The largest absolute Gasteiger partial charge is 0.492 e. The number of sulfonamides is 1. The van der Waals surface area contributed by atoms with Gasteiger partial charge in [-0.1, -0.05) is 39.0 Å².